The Bertz CT molecular complexity index is 219. The topological polar surface area (TPSA) is 184 Å². The van der Waals surface area contributed by atoms with Crippen LogP contribution < -0.4 is 57.5 Å². The Labute approximate surface area is 113 Å². The van der Waals surface area contributed by atoms with Gasteiger partial charge < -0.3 is 7.58 Å². The van der Waals surface area contributed by atoms with Crippen molar-refractivity contribution in [1.29, 1.82) is 0 Å². The monoisotopic (exact) mass is 253 g/mol. The maximum Gasteiger partial charge on any atom is 1.00 e. The molecule has 0 aliphatic heterocycles. The number of rotatable bonds is 0. The summed E-state index contributed by atoms with van der Waals surface area (Å²) in [5.41, 5.74) is 0. The van der Waals surface area contributed by atoms with Crippen LogP contribution in [0.15, 0.2) is 0 Å². The minimum atomic E-state index is -4.67. The molecule has 12 heteroatoms. The number of hydrogen-bond donors (Lipinski definition) is 5. The van der Waals surface area contributed by atoms with Crippen LogP contribution >= 0.6 is 0 Å². The Morgan fingerprint density at radius 1 is 0.750 bits per heavy atom. The van der Waals surface area contributed by atoms with Crippen molar-refractivity contribution >= 4 is 20.8 Å². The third kappa shape index (κ3) is 678. The Morgan fingerprint density at radius 3 is 0.750 bits per heavy atom. The van der Waals surface area contributed by atoms with Gasteiger partial charge in [-0.2, -0.15) is 16.8 Å². The Balaban J connectivity index is -0.0000000267. The summed E-state index contributed by atoms with van der Waals surface area (Å²) in [6.07, 6.45) is 0. The van der Waals surface area contributed by atoms with Crippen molar-refractivity contribution in [3.05, 3.63) is 0 Å². The van der Waals surface area contributed by atoms with E-state index >= 15 is 0 Å². The van der Waals surface area contributed by atoms with Crippen molar-refractivity contribution in [2.24, 2.45) is 0 Å². The predicted octanol–water partition coefficient (Wildman–Crippen LogP) is -4.03. The van der Waals surface area contributed by atoms with Crippen molar-refractivity contribution in [1.82, 2.24) is 6.15 Å². The second-order valence-electron chi connectivity index (χ2n) is 0.896. The van der Waals surface area contributed by atoms with Gasteiger partial charge in [0.15, 0.2) is 0 Å². The van der Waals surface area contributed by atoms with Crippen LogP contribution in [-0.4, -0.2) is 35.0 Å². The molecule has 0 rings (SSSR count). The van der Waals surface area contributed by atoms with Crippen LogP contribution in [0, 0.1) is 0 Å². The fourth-order valence-corrected chi connectivity index (χ4v) is 0. The molecule has 0 atom stereocenters. The predicted molar refractivity (Wildman–Crippen MR) is 34.5 cm³/mol. The van der Waals surface area contributed by atoms with Crippen LogP contribution in [0.25, 0.3) is 0 Å². The average Bonchev–Trinajstić information content (AvgIpc) is 1.12. The maximum absolute atomic E-state index is 8.74. The van der Waals surface area contributed by atoms with Gasteiger partial charge in [0.2, 0.25) is 0 Å². The summed E-state index contributed by atoms with van der Waals surface area (Å²) < 4.78 is 63.2. The Morgan fingerprint density at radius 2 is 0.750 bits per heavy atom. The Hall–Kier alpha value is 1.34. The van der Waals surface area contributed by atoms with Gasteiger partial charge in [-0.25, -0.2) is 0 Å². The van der Waals surface area contributed by atoms with E-state index in [1.54, 1.807) is 0 Å². The summed E-state index contributed by atoms with van der Waals surface area (Å²) in [4.78, 5) is 0. The van der Waals surface area contributed by atoms with Crippen LogP contribution in [-0.2, 0) is 20.8 Å². The van der Waals surface area contributed by atoms with Crippen molar-refractivity contribution in [2.75, 3.05) is 0 Å². The largest absolute Gasteiger partial charge is 1.00 e. The first-order valence-electron chi connectivity index (χ1n) is 1.40. The van der Waals surface area contributed by atoms with E-state index in [1.165, 1.54) is 0 Å². The molecule has 0 saturated heterocycles. The molecule has 0 aromatic heterocycles. The molecule has 0 unspecified atom stereocenters. The van der Waals surface area contributed by atoms with Gasteiger partial charge in [-0.15, -0.1) is 0 Å². The minimum Gasteiger partial charge on any atom is -1.00 e. The van der Waals surface area contributed by atoms with Crippen LogP contribution in [0.5, 0.6) is 0 Å². The van der Waals surface area contributed by atoms with Crippen LogP contribution in [0.2, 0.25) is 0 Å². The molecular formula is H8KNO8S2. The summed E-state index contributed by atoms with van der Waals surface area (Å²) >= 11 is 0. The third-order valence-electron chi connectivity index (χ3n) is 0. The second kappa shape index (κ2) is 8.91. The molecule has 0 bridgehead atoms. The van der Waals surface area contributed by atoms with Crippen LogP contribution in [0.3, 0.4) is 0 Å². The molecule has 74 valence electrons. The van der Waals surface area contributed by atoms with E-state index in [4.69, 9.17) is 35.0 Å². The molecule has 9 nitrogen and oxygen atoms in total. The second-order valence-corrected chi connectivity index (χ2v) is 2.69. The van der Waals surface area contributed by atoms with Gasteiger partial charge in [-0.3, -0.25) is 18.2 Å². The third-order valence-corrected chi connectivity index (χ3v) is 0. The van der Waals surface area contributed by atoms with Crippen molar-refractivity contribution in [2.45, 2.75) is 0 Å². The molecule has 0 spiro atoms. The molecule has 0 saturated carbocycles. The van der Waals surface area contributed by atoms with E-state index in [1.807, 2.05) is 0 Å². The zero-order valence-electron chi connectivity index (χ0n) is 6.95. The summed E-state index contributed by atoms with van der Waals surface area (Å²) in [5.74, 6) is 0. The van der Waals surface area contributed by atoms with Gasteiger partial charge in [-0.05, 0) is 0 Å². The zero-order chi connectivity index (χ0) is 9.00. The quantitative estimate of drug-likeness (QED) is 0.212. The molecule has 0 aromatic rings. The van der Waals surface area contributed by atoms with Gasteiger partial charge in [0.25, 0.3) is 0 Å². The van der Waals surface area contributed by atoms with E-state index in [9.17, 15) is 0 Å². The van der Waals surface area contributed by atoms with Crippen LogP contribution in [0.4, 0.5) is 0 Å². The fourth-order valence-electron chi connectivity index (χ4n) is 0. The van der Waals surface area contributed by atoms with Gasteiger partial charge in [0, 0.05) is 0 Å². The molecule has 0 aliphatic carbocycles. The summed E-state index contributed by atoms with van der Waals surface area (Å²) in [7, 11) is -9.33. The smallest absolute Gasteiger partial charge is 1.00 e. The SMILES string of the molecule is N.O=S(=O)(O)O.O=S(=O)(O)O.[H-].[K+]. The molecular weight excluding hydrogens is 245 g/mol. The molecule has 7 N–H and O–H groups in total. The van der Waals surface area contributed by atoms with Crippen LogP contribution in [0.1, 0.15) is 1.43 Å². The maximum atomic E-state index is 8.74. The molecule has 0 aromatic carbocycles. The van der Waals surface area contributed by atoms with E-state index in [0.29, 0.717) is 0 Å². The van der Waals surface area contributed by atoms with E-state index in [-0.39, 0.29) is 59.0 Å². The van der Waals surface area contributed by atoms with Crippen molar-refractivity contribution in [3.63, 3.8) is 0 Å². The molecule has 12 heavy (non-hydrogen) atoms. The standard InChI is InChI=1S/K.H3N.2H2O4S.H/c;;2*1-5(2,3)4;/h;1H3;2*(H2,1,2,3,4);/q+1;;;;-1. The van der Waals surface area contributed by atoms with Crippen molar-refractivity contribution < 1.29 is 87.9 Å². The molecule has 0 amide bonds. The van der Waals surface area contributed by atoms with Gasteiger partial charge in [-0.1, -0.05) is 0 Å². The summed E-state index contributed by atoms with van der Waals surface area (Å²) in [6, 6.07) is 0. The number of hydrogen-bond acceptors (Lipinski definition) is 5. The Kier molecular flexibility index (Phi) is 17.3. The molecule has 0 radical (unpaired) electrons. The first-order valence-corrected chi connectivity index (χ1v) is 4.19. The molecule has 0 fully saturated rings. The zero-order valence-corrected chi connectivity index (χ0v) is 10.7. The van der Waals surface area contributed by atoms with E-state index < -0.39 is 20.8 Å². The van der Waals surface area contributed by atoms with Gasteiger partial charge in [0.1, 0.15) is 0 Å². The first-order chi connectivity index (χ1) is 4.00. The van der Waals surface area contributed by atoms with Gasteiger partial charge in [0.05, 0.1) is 0 Å². The summed E-state index contributed by atoms with van der Waals surface area (Å²) in [6.45, 7) is 0. The van der Waals surface area contributed by atoms with E-state index in [0.717, 1.165) is 0 Å². The van der Waals surface area contributed by atoms with Gasteiger partial charge >= 0.3 is 72.2 Å². The molecule has 0 aliphatic rings. The summed E-state index contributed by atoms with van der Waals surface area (Å²) in [5, 5.41) is 0. The first kappa shape index (κ1) is 23.3. The molecule has 0 heterocycles. The normalized spacial score (nSPS) is 9.67. The minimum absolute atomic E-state index is 0. The van der Waals surface area contributed by atoms with Crippen molar-refractivity contribution in [3.8, 4) is 0 Å². The fraction of sp³-hybridized carbons (Fsp3) is 0. The average molecular weight is 253 g/mol. The van der Waals surface area contributed by atoms with E-state index in [2.05, 4.69) is 0 Å².